The molecular formula is C24H26N4O7. The summed E-state index contributed by atoms with van der Waals surface area (Å²) in [5.41, 5.74) is 0.489. The predicted molar refractivity (Wildman–Crippen MR) is 124 cm³/mol. The molecule has 0 aliphatic carbocycles. The molecule has 1 saturated heterocycles. The van der Waals surface area contributed by atoms with Crippen LogP contribution < -0.4 is 29.6 Å². The highest BCUT2D eigenvalue weighted by Gasteiger charge is 2.33. The number of nitrogens with zero attached hydrogens (tertiary/aromatic N) is 2. The molecule has 0 radical (unpaired) electrons. The number of para-hydroxylation sites is 2. The molecule has 4 amide bonds. The summed E-state index contributed by atoms with van der Waals surface area (Å²) in [7, 11) is 0. The molecule has 3 aliphatic heterocycles. The Kier molecular flexibility index (Phi) is 6.57. The van der Waals surface area contributed by atoms with E-state index in [1.54, 1.807) is 35.2 Å². The largest absolute Gasteiger partial charge is 0.486 e. The van der Waals surface area contributed by atoms with Gasteiger partial charge in [-0.15, -0.1) is 0 Å². The second kappa shape index (κ2) is 10.1. The number of rotatable bonds is 4. The molecule has 184 valence electrons. The molecule has 0 unspecified atom stereocenters. The van der Waals surface area contributed by atoms with E-state index < -0.39 is 18.0 Å². The average Bonchev–Trinajstić information content (AvgIpc) is 2.88. The van der Waals surface area contributed by atoms with Crippen LogP contribution in [0.4, 0.5) is 10.5 Å². The van der Waals surface area contributed by atoms with E-state index in [1.165, 1.54) is 0 Å². The highest BCUT2D eigenvalue weighted by atomic mass is 16.6. The third kappa shape index (κ3) is 5.40. The molecule has 0 spiro atoms. The Balaban J connectivity index is 1.05. The van der Waals surface area contributed by atoms with Gasteiger partial charge in [-0.25, -0.2) is 4.79 Å². The molecule has 2 N–H and O–H groups in total. The van der Waals surface area contributed by atoms with Crippen molar-refractivity contribution < 1.29 is 33.3 Å². The van der Waals surface area contributed by atoms with E-state index in [0.717, 1.165) is 0 Å². The minimum absolute atomic E-state index is 0.0486. The van der Waals surface area contributed by atoms with Crippen molar-refractivity contribution in [2.45, 2.75) is 6.10 Å². The van der Waals surface area contributed by atoms with Gasteiger partial charge in [0, 0.05) is 37.9 Å². The molecular weight excluding hydrogens is 456 g/mol. The van der Waals surface area contributed by atoms with Crippen LogP contribution in [0.25, 0.3) is 0 Å². The number of carbonyl (C=O) groups is 3. The van der Waals surface area contributed by atoms with Crippen LogP contribution in [-0.4, -0.2) is 86.3 Å². The van der Waals surface area contributed by atoms with Gasteiger partial charge in [0.15, 0.2) is 23.0 Å². The molecule has 0 bridgehead atoms. The summed E-state index contributed by atoms with van der Waals surface area (Å²) in [6.45, 7) is 3.06. The lowest BCUT2D eigenvalue weighted by atomic mass is 10.2. The maximum absolute atomic E-state index is 12.9. The zero-order valence-corrected chi connectivity index (χ0v) is 19.0. The molecule has 3 aliphatic rings. The minimum Gasteiger partial charge on any atom is -0.486 e. The Hall–Kier alpha value is -3.99. The highest BCUT2D eigenvalue weighted by molar-refractivity contribution is 6.01. The Labute approximate surface area is 201 Å². The van der Waals surface area contributed by atoms with Gasteiger partial charge >= 0.3 is 6.03 Å². The van der Waals surface area contributed by atoms with Crippen LogP contribution in [0.5, 0.6) is 23.0 Å². The number of hydrogen-bond donors (Lipinski definition) is 2. The third-order valence-corrected chi connectivity index (χ3v) is 5.89. The number of anilines is 1. The number of ether oxygens (including phenoxy) is 4. The molecule has 11 nitrogen and oxygen atoms in total. The molecule has 0 saturated carbocycles. The fraction of sp³-hybridized carbons (Fsp3) is 0.375. The first kappa shape index (κ1) is 22.8. The van der Waals surface area contributed by atoms with Crippen molar-refractivity contribution in [3.8, 4) is 23.0 Å². The number of carbonyl (C=O) groups excluding carboxylic acids is 3. The summed E-state index contributed by atoms with van der Waals surface area (Å²) in [4.78, 5) is 41.0. The maximum atomic E-state index is 12.9. The Morgan fingerprint density at radius 3 is 2.37 bits per heavy atom. The average molecular weight is 482 g/mol. The molecule has 5 rings (SSSR count). The molecule has 1 fully saturated rings. The second-order valence-corrected chi connectivity index (χ2v) is 8.33. The normalized spacial score (nSPS) is 19.0. The number of benzene rings is 2. The van der Waals surface area contributed by atoms with E-state index in [9.17, 15) is 14.4 Å². The number of piperazine rings is 1. The van der Waals surface area contributed by atoms with Crippen LogP contribution in [0, 0.1) is 0 Å². The molecule has 2 aromatic carbocycles. The Morgan fingerprint density at radius 1 is 0.857 bits per heavy atom. The fourth-order valence-electron chi connectivity index (χ4n) is 4.12. The topological polar surface area (TPSA) is 119 Å². The molecule has 2 aromatic rings. The molecule has 35 heavy (non-hydrogen) atoms. The van der Waals surface area contributed by atoms with Crippen LogP contribution in [0.15, 0.2) is 42.5 Å². The Morgan fingerprint density at radius 2 is 1.57 bits per heavy atom. The first-order chi connectivity index (χ1) is 17.0. The lowest BCUT2D eigenvalue weighted by Gasteiger charge is -2.36. The van der Waals surface area contributed by atoms with E-state index in [0.29, 0.717) is 68.1 Å². The summed E-state index contributed by atoms with van der Waals surface area (Å²) in [5.74, 6) is 1.78. The van der Waals surface area contributed by atoms with Crippen LogP contribution in [0.2, 0.25) is 0 Å². The molecule has 0 aromatic heterocycles. The van der Waals surface area contributed by atoms with Crippen LogP contribution in [0.1, 0.15) is 0 Å². The second-order valence-electron chi connectivity index (χ2n) is 8.33. The number of imide groups is 1. The molecule has 11 heteroatoms. The number of hydrogen-bond acceptors (Lipinski definition) is 8. The van der Waals surface area contributed by atoms with Crippen molar-refractivity contribution in [2.75, 3.05) is 57.9 Å². The number of nitrogens with one attached hydrogen (secondary N) is 2. The van der Waals surface area contributed by atoms with E-state index in [-0.39, 0.29) is 19.1 Å². The summed E-state index contributed by atoms with van der Waals surface area (Å²) < 4.78 is 22.4. The lowest BCUT2D eigenvalue weighted by molar-refractivity contribution is -0.143. The number of fused-ring (bicyclic) bond motifs is 2. The van der Waals surface area contributed by atoms with E-state index in [2.05, 4.69) is 10.6 Å². The smallest absolute Gasteiger partial charge is 0.325 e. The zero-order chi connectivity index (χ0) is 24.2. The van der Waals surface area contributed by atoms with Crippen molar-refractivity contribution in [3.05, 3.63) is 42.5 Å². The minimum atomic E-state index is -0.691. The van der Waals surface area contributed by atoms with Crippen LogP contribution in [-0.2, 0) is 9.59 Å². The standard InChI is InChI=1S/C24H26N4O7/c29-22(26-24(31)25-16-5-6-18-20(13-16)33-12-11-32-18)14-27-7-9-28(10-8-27)23(30)21-15-34-17-3-1-2-4-19(17)35-21/h1-6,13,21H,7-12,14-15H2,(H2,25,26,29,31)/t21-/m1/s1. The first-order valence-corrected chi connectivity index (χ1v) is 11.5. The zero-order valence-electron chi connectivity index (χ0n) is 19.0. The number of urea groups is 1. The van der Waals surface area contributed by atoms with Crippen LogP contribution in [0.3, 0.4) is 0 Å². The van der Waals surface area contributed by atoms with Gasteiger partial charge in [-0.3, -0.25) is 19.8 Å². The monoisotopic (exact) mass is 482 g/mol. The number of amides is 4. The fourth-order valence-corrected chi connectivity index (χ4v) is 4.12. The summed E-state index contributed by atoms with van der Waals surface area (Å²) in [5, 5.41) is 4.95. The van der Waals surface area contributed by atoms with Gasteiger partial charge < -0.3 is 29.2 Å². The quantitative estimate of drug-likeness (QED) is 0.665. The van der Waals surface area contributed by atoms with Crippen molar-refractivity contribution >= 4 is 23.5 Å². The third-order valence-electron chi connectivity index (χ3n) is 5.89. The van der Waals surface area contributed by atoms with E-state index in [4.69, 9.17) is 18.9 Å². The van der Waals surface area contributed by atoms with Gasteiger partial charge in [-0.2, -0.15) is 0 Å². The summed E-state index contributed by atoms with van der Waals surface area (Å²) >= 11 is 0. The van der Waals surface area contributed by atoms with Crippen molar-refractivity contribution in [1.82, 2.24) is 15.1 Å². The van der Waals surface area contributed by atoms with E-state index in [1.807, 2.05) is 17.0 Å². The lowest BCUT2D eigenvalue weighted by Crippen LogP contribution is -2.55. The first-order valence-electron chi connectivity index (χ1n) is 11.5. The van der Waals surface area contributed by atoms with E-state index >= 15 is 0 Å². The highest BCUT2D eigenvalue weighted by Crippen LogP contribution is 2.33. The van der Waals surface area contributed by atoms with Gasteiger partial charge in [-0.1, -0.05) is 12.1 Å². The van der Waals surface area contributed by atoms with Gasteiger partial charge in [-0.05, 0) is 24.3 Å². The Bertz CT molecular complexity index is 1120. The van der Waals surface area contributed by atoms with Gasteiger partial charge in [0.1, 0.15) is 19.8 Å². The van der Waals surface area contributed by atoms with Crippen molar-refractivity contribution in [3.63, 3.8) is 0 Å². The van der Waals surface area contributed by atoms with Gasteiger partial charge in [0.05, 0.1) is 6.54 Å². The summed E-state index contributed by atoms with van der Waals surface area (Å²) in [6, 6.07) is 11.6. The predicted octanol–water partition coefficient (Wildman–Crippen LogP) is 1.09. The van der Waals surface area contributed by atoms with Crippen molar-refractivity contribution in [2.24, 2.45) is 0 Å². The van der Waals surface area contributed by atoms with Gasteiger partial charge in [0.25, 0.3) is 5.91 Å². The van der Waals surface area contributed by atoms with Crippen molar-refractivity contribution in [1.29, 1.82) is 0 Å². The van der Waals surface area contributed by atoms with Gasteiger partial charge in [0.2, 0.25) is 12.0 Å². The maximum Gasteiger partial charge on any atom is 0.325 e. The molecule has 1 atom stereocenters. The SMILES string of the molecule is O=C(CN1CCN(C(=O)[C@H]2COc3ccccc3O2)CC1)NC(=O)Nc1ccc2c(c1)OCCO2. The summed E-state index contributed by atoms with van der Waals surface area (Å²) in [6.07, 6.45) is -0.691. The molecule has 3 heterocycles. The van der Waals surface area contributed by atoms with Crippen LogP contribution >= 0.6 is 0 Å².